The topological polar surface area (TPSA) is 101 Å². The van der Waals surface area contributed by atoms with Crippen LogP contribution in [0.3, 0.4) is 0 Å². The molecule has 0 aromatic carbocycles. The van der Waals surface area contributed by atoms with Gasteiger partial charge < -0.3 is 11.1 Å². The first-order chi connectivity index (χ1) is 8.49. The number of nitrogens with zero attached hydrogens (tertiary/aromatic N) is 3. The quantitative estimate of drug-likeness (QED) is 0.748. The first-order valence-electron chi connectivity index (χ1n) is 5.34. The monoisotopic (exact) mass is 269 g/mol. The van der Waals surface area contributed by atoms with Gasteiger partial charge >= 0.3 is 0 Å². The number of likely N-dealkylation sites (N-methyl/N-ethyl adjacent to an activating group) is 1. The number of rotatable bonds is 2. The van der Waals surface area contributed by atoms with Crippen LogP contribution in [0.4, 0.5) is 11.8 Å². The fraction of sp³-hybridized carbons (Fsp3) is 0.400. The molecule has 2 heterocycles. The molecule has 1 unspecified atom stereocenters. The molecular weight excluding hydrogens is 258 g/mol. The van der Waals surface area contributed by atoms with Crippen molar-refractivity contribution in [3.63, 3.8) is 0 Å². The van der Waals surface area contributed by atoms with Crippen LogP contribution >= 0.6 is 11.6 Å². The Morgan fingerprint density at radius 1 is 1.56 bits per heavy atom. The second-order valence-corrected chi connectivity index (χ2v) is 4.36. The minimum Gasteiger partial charge on any atom is -0.368 e. The van der Waals surface area contributed by atoms with Crippen molar-refractivity contribution in [2.75, 3.05) is 18.1 Å². The van der Waals surface area contributed by atoms with Crippen molar-refractivity contribution >= 4 is 35.2 Å². The van der Waals surface area contributed by atoms with Gasteiger partial charge in [0, 0.05) is 13.5 Å². The lowest BCUT2D eigenvalue weighted by atomic mass is 10.0. The Morgan fingerprint density at radius 2 is 2.28 bits per heavy atom. The molecule has 1 atom stereocenters. The highest BCUT2D eigenvalue weighted by Gasteiger charge is 2.32. The lowest BCUT2D eigenvalue weighted by Crippen LogP contribution is -2.48. The van der Waals surface area contributed by atoms with Crippen molar-refractivity contribution in [1.82, 2.24) is 14.9 Å². The smallest absolute Gasteiger partial charge is 0.251 e. The summed E-state index contributed by atoms with van der Waals surface area (Å²) in [4.78, 5) is 31.9. The van der Waals surface area contributed by atoms with Crippen LogP contribution in [0.2, 0.25) is 5.02 Å². The number of likely N-dealkylation sites (tertiary alicyclic amines) is 1. The van der Waals surface area contributed by atoms with Crippen LogP contribution in [0.1, 0.15) is 12.8 Å². The molecule has 2 amide bonds. The van der Waals surface area contributed by atoms with Crippen molar-refractivity contribution in [3.8, 4) is 0 Å². The standard InChI is InChI=1S/C10H12ClN5O2/c1-16-7(17)3-2-6(9(16)18)14-8-5(11)4-13-10(12)15-8/h4,6H,2-3H2,1H3,(H3,12,13,14,15). The predicted octanol–water partition coefficient (Wildman–Crippen LogP) is 0.271. The number of imide groups is 1. The molecule has 0 aliphatic carbocycles. The van der Waals surface area contributed by atoms with Gasteiger partial charge in [-0.05, 0) is 6.42 Å². The maximum atomic E-state index is 11.9. The molecular formula is C10H12ClN5O2. The Labute approximate surface area is 108 Å². The first kappa shape index (κ1) is 12.6. The molecule has 3 N–H and O–H groups in total. The zero-order valence-electron chi connectivity index (χ0n) is 9.68. The molecule has 1 aromatic heterocycles. The molecule has 1 aliphatic heterocycles. The fourth-order valence-electron chi connectivity index (χ4n) is 1.70. The number of aromatic nitrogens is 2. The number of amides is 2. The van der Waals surface area contributed by atoms with Crippen LogP contribution in [0, 0.1) is 0 Å². The van der Waals surface area contributed by atoms with Crippen molar-refractivity contribution in [2.24, 2.45) is 0 Å². The molecule has 0 saturated carbocycles. The highest BCUT2D eigenvalue weighted by atomic mass is 35.5. The molecule has 1 fully saturated rings. The summed E-state index contributed by atoms with van der Waals surface area (Å²) >= 11 is 5.89. The van der Waals surface area contributed by atoms with Gasteiger partial charge in [-0.25, -0.2) is 4.98 Å². The Kier molecular flexibility index (Phi) is 3.33. The van der Waals surface area contributed by atoms with Crippen LogP contribution in [-0.4, -0.2) is 39.8 Å². The number of piperidine rings is 1. The van der Waals surface area contributed by atoms with E-state index in [9.17, 15) is 9.59 Å². The van der Waals surface area contributed by atoms with E-state index >= 15 is 0 Å². The summed E-state index contributed by atoms with van der Waals surface area (Å²) in [6.07, 6.45) is 2.06. The van der Waals surface area contributed by atoms with Gasteiger partial charge in [-0.2, -0.15) is 4.98 Å². The van der Waals surface area contributed by atoms with Gasteiger partial charge in [-0.1, -0.05) is 11.6 Å². The summed E-state index contributed by atoms with van der Waals surface area (Å²) in [6.45, 7) is 0. The molecule has 0 radical (unpaired) electrons. The number of hydrogen-bond acceptors (Lipinski definition) is 6. The predicted molar refractivity (Wildman–Crippen MR) is 65.9 cm³/mol. The first-order valence-corrected chi connectivity index (χ1v) is 5.72. The van der Waals surface area contributed by atoms with Crippen molar-refractivity contribution in [1.29, 1.82) is 0 Å². The molecule has 18 heavy (non-hydrogen) atoms. The fourth-order valence-corrected chi connectivity index (χ4v) is 1.84. The number of nitrogens with two attached hydrogens (primary N) is 1. The largest absolute Gasteiger partial charge is 0.368 e. The maximum absolute atomic E-state index is 11.9. The lowest BCUT2D eigenvalue weighted by molar-refractivity contribution is -0.146. The summed E-state index contributed by atoms with van der Waals surface area (Å²) in [5, 5.41) is 3.16. The molecule has 0 spiro atoms. The van der Waals surface area contributed by atoms with Gasteiger partial charge in [0.2, 0.25) is 11.9 Å². The van der Waals surface area contributed by atoms with E-state index < -0.39 is 6.04 Å². The average Bonchev–Trinajstić information content (AvgIpc) is 2.34. The minimum absolute atomic E-state index is 0.0644. The Bertz CT molecular complexity index is 507. The molecule has 2 rings (SSSR count). The van der Waals surface area contributed by atoms with E-state index in [0.29, 0.717) is 18.7 Å². The van der Waals surface area contributed by atoms with E-state index in [1.807, 2.05) is 0 Å². The summed E-state index contributed by atoms with van der Waals surface area (Å²) in [5.41, 5.74) is 5.45. The Morgan fingerprint density at radius 3 is 3.00 bits per heavy atom. The molecule has 0 bridgehead atoms. The van der Waals surface area contributed by atoms with E-state index in [0.717, 1.165) is 4.90 Å². The third kappa shape index (κ3) is 2.35. The van der Waals surface area contributed by atoms with E-state index in [1.165, 1.54) is 13.2 Å². The average molecular weight is 270 g/mol. The zero-order chi connectivity index (χ0) is 13.3. The van der Waals surface area contributed by atoms with Gasteiger partial charge in [0.25, 0.3) is 5.91 Å². The Balaban J connectivity index is 2.16. The van der Waals surface area contributed by atoms with E-state index in [2.05, 4.69) is 15.3 Å². The number of carbonyl (C=O) groups is 2. The van der Waals surface area contributed by atoms with Gasteiger partial charge in [0.15, 0.2) is 5.82 Å². The number of nitrogen functional groups attached to an aromatic ring is 1. The molecule has 1 aromatic rings. The van der Waals surface area contributed by atoms with Gasteiger partial charge in [0.1, 0.15) is 11.1 Å². The van der Waals surface area contributed by atoms with Gasteiger partial charge in [-0.3, -0.25) is 14.5 Å². The highest BCUT2D eigenvalue weighted by Crippen LogP contribution is 2.22. The summed E-state index contributed by atoms with van der Waals surface area (Å²) in [6, 6.07) is -0.528. The van der Waals surface area contributed by atoms with Crippen LogP contribution < -0.4 is 11.1 Å². The number of anilines is 2. The molecule has 7 nitrogen and oxygen atoms in total. The Hall–Kier alpha value is -1.89. The molecule has 1 aliphatic rings. The second-order valence-electron chi connectivity index (χ2n) is 3.95. The third-order valence-electron chi connectivity index (χ3n) is 2.72. The van der Waals surface area contributed by atoms with Gasteiger partial charge in [-0.15, -0.1) is 0 Å². The maximum Gasteiger partial charge on any atom is 0.251 e. The third-order valence-corrected chi connectivity index (χ3v) is 3.00. The van der Waals surface area contributed by atoms with Crippen LogP contribution in [-0.2, 0) is 9.59 Å². The van der Waals surface area contributed by atoms with Crippen molar-refractivity contribution < 1.29 is 9.59 Å². The van der Waals surface area contributed by atoms with Crippen molar-refractivity contribution in [2.45, 2.75) is 18.9 Å². The summed E-state index contributed by atoms with van der Waals surface area (Å²) in [7, 11) is 1.45. The number of hydrogen-bond donors (Lipinski definition) is 2. The zero-order valence-corrected chi connectivity index (χ0v) is 10.4. The molecule has 1 saturated heterocycles. The highest BCUT2D eigenvalue weighted by molar-refractivity contribution is 6.32. The number of carbonyl (C=O) groups excluding carboxylic acids is 2. The minimum atomic E-state index is -0.528. The van der Waals surface area contributed by atoms with Crippen LogP contribution in [0.5, 0.6) is 0 Å². The summed E-state index contributed by atoms with van der Waals surface area (Å²) in [5.74, 6) is -0.134. The number of halogens is 1. The normalized spacial score (nSPS) is 20.1. The van der Waals surface area contributed by atoms with E-state index in [-0.39, 0.29) is 22.8 Å². The van der Waals surface area contributed by atoms with E-state index in [4.69, 9.17) is 17.3 Å². The second kappa shape index (κ2) is 4.77. The summed E-state index contributed by atoms with van der Waals surface area (Å²) < 4.78 is 0. The SMILES string of the molecule is CN1C(=O)CCC(Nc2nc(N)ncc2Cl)C1=O. The number of nitrogens with one attached hydrogen (secondary N) is 1. The van der Waals surface area contributed by atoms with E-state index in [1.54, 1.807) is 0 Å². The lowest BCUT2D eigenvalue weighted by Gasteiger charge is -2.28. The molecule has 8 heteroatoms. The van der Waals surface area contributed by atoms with Crippen LogP contribution in [0.25, 0.3) is 0 Å². The molecule has 96 valence electrons. The van der Waals surface area contributed by atoms with Crippen LogP contribution in [0.15, 0.2) is 6.20 Å². The van der Waals surface area contributed by atoms with Gasteiger partial charge in [0.05, 0.1) is 6.20 Å². The van der Waals surface area contributed by atoms with Crippen molar-refractivity contribution in [3.05, 3.63) is 11.2 Å².